The van der Waals surface area contributed by atoms with Gasteiger partial charge in [-0.1, -0.05) is 0 Å². The van der Waals surface area contributed by atoms with Crippen molar-refractivity contribution in [3.63, 3.8) is 0 Å². The molecular formula is C15H17N5O2S. The summed E-state index contributed by atoms with van der Waals surface area (Å²) in [7, 11) is -3.19. The van der Waals surface area contributed by atoms with Crippen molar-refractivity contribution in [2.45, 2.75) is 12.5 Å². The minimum absolute atomic E-state index is 0.0659. The molecule has 0 aliphatic carbocycles. The van der Waals surface area contributed by atoms with Gasteiger partial charge in [-0.25, -0.2) is 18.1 Å². The van der Waals surface area contributed by atoms with Gasteiger partial charge >= 0.3 is 0 Å². The Bertz CT molecular complexity index is 982. The number of hydrogen-bond acceptors (Lipinski definition) is 5. The van der Waals surface area contributed by atoms with Crippen molar-refractivity contribution < 1.29 is 8.42 Å². The van der Waals surface area contributed by atoms with Gasteiger partial charge in [-0.3, -0.25) is 4.98 Å². The molecule has 3 aromatic heterocycles. The number of nitrogens with one attached hydrogen (secondary N) is 2. The van der Waals surface area contributed by atoms with E-state index >= 15 is 0 Å². The van der Waals surface area contributed by atoms with Crippen molar-refractivity contribution in [1.82, 2.24) is 19.7 Å². The highest BCUT2D eigenvalue weighted by atomic mass is 32.2. The monoisotopic (exact) mass is 331 g/mol. The minimum atomic E-state index is -3.19. The van der Waals surface area contributed by atoms with Gasteiger partial charge in [0.2, 0.25) is 10.0 Å². The number of rotatable bonds is 3. The largest absolute Gasteiger partial charge is 0.368 e. The van der Waals surface area contributed by atoms with E-state index in [1.54, 1.807) is 6.20 Å². The Kier molecular flexibility index (Phi) is 3.24. The van der Waals surface area contributed by atoms with Crippen LogP contribution in [-0.4, -0.2) is 48.8 Å². The van der Waals surface area contributed by atoms with E-state index in [0.29, 0.717) is 6.54 Å². The summed E-state index contributed by atoms with van der Waals surface area (Å²) in [5.74, 6) is 0. The van der Waals surface area contributed by atoms with E-state index in [2.05, 4.69) is 24.6 Å². The van der Waals surface area contributed by atoms with E-state index in [1.807, 2.05) is 24.7 Å². The molecule has 23 heavy (non-hydrogen) atoms. The third kappa shape index (κ3) is 2.64. The van der Waals surface area contributed by atoms with Crippen LogP contribution in [0.1, 0.15) is 6.42 Å². The first-order valence-corrected chi connectivity index (χ1v) is 9.32. The van der Waals surface area contributed by atoms with Crippen molar-refractivity contribution in [3.8, 4) is 0 Å². The number of aromatic nitrogens is 3. The van der Waals surface area contributed by atoms with Crippen molar-refractivity contribution >= 4 is 37.5 Å². The zero-order valence-corrected chi connectivity index (χ0v) is 13.5. The molecule has 8 heteroatoms. The summed E-state index contributed by atoms with van der Waals surface area (Å²) in [4.78, 5) is 14.0. The summed E-state index contributed by atoms with van der Waals surface area (Å²) < 4.78 is 25.5. The van der Waals surface area contributed by atoms with Crippen LogP contribution in [0.5, 0.6) is 0 Å². The summed E-state index contributed by atoms with van der Waals surface area (Å²) in [5, 5.41) is 3.14. The third-order valence-corrected chi connectivity index (χ3v) is 4.95. The highest BCUT2D eigenvalue weighted by molar-refractivity contribution is 7.88. The molecule has 2 N–H and O–H groups in total. The topological polar surface area (TPSA) is 91.0 Å². The lowest BCUT2D eigenvalue weighted by molar-refractivity contribution is 0.567. The fraction of sp³-hybridized carbons (Fsp3) is 0.333. The minimum Gasteiger partial charge on any atom is -0.368 e. The molecule has 1 unspecified atom stereocenters. The molecular weight excluding hydrogens is 314 g/mol. The van der Waals surface area contributed by atoms with Crippen molar-refractivity contribution in [1.29, 1.82) is 0 Å². The van der Waals surface area contributed by atoms with Crippen molar-refractivity contribution in [3.05, 3.63) is 30.9 Å². The maximum Gasteiger partial charge on any atom is 0.209 e. The molecule has 0 bridgehead atoms. The number of aromatic amines is 1. The molecule has 0 spiro atoms. The third-order valence-electron chi connectivity index (χ3n) is 4.19. The van der Waals surface area contributed by atoms with Crippen LogP contribution in [0.2, 0.25) is 0 Å². The van der Waals surface area contributed by atoms with Gasteiger partial charge < -0.3 is 9.88 Å². The average Bonchev–Trinajstić information content (AvgIpc) is 3.13. The van der Waals surface area contributed by atoms with E-state index in [1.165, 1.54) is 6.26 Å². The highest BCUT2D eigenvalue weighted by Gasteiger charge is 2.26. The average molecular weight is 331 g/mol. The van der Waals surface area contributed by atoms with Gasteiger partial charge in [0.1, 0.15) is 5.65 Å². The molecule has 1 aliphatic heterocycles. The molecule has 1 atom stereocenters. The Morgan fingerprint density at radius 3 is 3.04 bits per heavy atom. The number of pyridine rings is 2. The number of H-pyrrole nitrogens is 1. The number of nitrogens with zero attached hydrogens (tertiary/aromatic N) is 3. The zero-order chi connectivity index (χ0) is 16.0. The molecule has 4 heterocycles. The maximum atomic E-state index is 11.4. The van der Waals surface area contributed by atoms with Gasteiger partial charge in [0, 0.05) is 53.9 Å². The molecule has 120 valence electrons. The smallest absolute Gasteiger partial charge is 0.209 e. The number of anilines is 1. The van der Waals surface area contributed by atoms with E-state index < -0.39 is 10.0 Å². The molecule has 0 radical (unpaired) electrons. The maximum absolute atomic E-state index is 11.4. The van der Waals surface area contributed by atoms with Gasteiger partial charge in [-0.2, -0.15) is 0 Å². The molecule has 0 aromatic carbocycles. The summed E-state index contributed by atoms with van der Waals surface area (Å²) in [5.41, 5.74) is 1.86. The van der Waals surface area contributed by atoms with Crippen LogP contribution < -0.4 is 9.62 Å². The first-order valence-electron chi connectivity index (χ1n) is 7.43. The van der Waals surface area contributed by atoms with Crippen LogP contribution in [0.25, 0.3) is 21.8 Å². The molecule has 1 fully saturated rings. The predicted octanol–water partition coefficient (Wildman–Crippen LogP) is 1.24. The first-order chi connectivity index (χ1) is 11.0. The van der Waals surface area contributed by atoms with Gasteiger partial charge in [0.05, 0.1) is 18.1 Å². The summed E-state index contributed by atoms with van der Waals surface area (Å²) >= 11 is 0. The summed E-state index contributed by atoms with van der Waals surface area (Å²) in [6, 6.07) is 1.94. The fourth-order valence-electron chi connectivity index (χ4n) is 3.28. The van der Waals surface area contributed by atoms with Crippen molar-refractivity contribution in [2.24, 2.45) is 0 Å². The molecule has 3 aromatic rings. The van der Waals surface area contributed by atoms with Crippen LogP contribution in [0, 0.1) is 0 Å². The SMILES string of the molecule is CS(=O)(=O)NC1CCN(c2cncc3cnc4[nH]ccc4c23)C1. The second kappa shape index (κ2) is 5.17. The van der Waals surface area contributed by atoms with Crippen LogP contribution in [-0.2, 0) is 10.0 Å². The quantitative estimate of drug-likeness (QED) is 0.753. The lowest BCUT2D eigenvalue weighted by atomic mass is 10.1. The van der Waals surface area contributed by atoms with Crippen LogP contribution >= 0.6 is 0 Å². The Balaban J connectivity index is 1.76. The van der Waals surface area contributed by atoms with E-state index in [4.69, 9.17) is 0 Å². The second-order valence-corrected chi connectivity index (χ2v) is 7.72. The number of hydrogen-bond donors (Lipinski definition) is 2. The van der Waals surface area contributed by atoms with Gasteiger partial charge in [-0.05, 0) is 12.5 Å². The molecule has 1 aliphatic rings. The molecule has 4 rings (SSSR count). The Morgan fingerprint density at radius 1 is 1.35 bits per heavy atom. The van der Waals surface area contributed by atoms with E-state index in [-0.39, 0.29) is 6.04 Å². The van der Waals surface area contributed by atoms with Gasteiger partial charge in [-0.15, -0.1) is 0 Å². The second-order valence-electron chi connectivity index (χ2n) is 5.94. The zero-order valence-electron chi connectivity index (χ0n) is 12.7. The summed E-state index contributed by atoms with van der Waals surface area (Å²) in [6.07, 6.45) is 9.32. The number of fused-ring (bicyclic) bond motifs is 3. The lowest BCUT2D eigenvalue weighted by Crippen LogP contribution is -2.36. The van der Waals surface area contributed by atoms with E-state index in [0.717, 1.165) is 40.5 Å². The fourth-order valence-corrected chi connectivity index (χ4v) is 4.08. The lowest BCUT2D eigenvalue weighted by Gasteiger charge is -2.20. The summed E-state index contributed by atoms with van der Waals surface area (Å²) in [6.45, 7) is 1.43. The molecule has 7 nitrogen and oxygen atoms in total. The van der Waals surface area contributed by atoms with Crippen molar-refractivity contribution in [2.75, 3.05) is 24.2 Å². The Labute approximate surface area is 133 Å². The normalized spacial score (nSPS) is 19.0. The molecule has 0 saturated carbocycles. The molecule has 0 amide bonds. The predicted molar refractivity (Wildman–Crippen MR) is 90.0 cm³/mol. The Morgan fingerprint density at radius 2 is 2.22 bits per heavy atom. The van der Waals surface area contributed by atoms with E-state index in [9.17, 15) is 8.42 Å². The van der Waals surface area contributed by atoms with Gasteiger partial charge in [0.15, 0.2) is 0 Å². The van der Waals surface area contributed by atoms with Crippen LogP contribution in [0.3, 0.4) is 0 Å². The Hall–Kier alpha value is -2.19. The van der Waals surface area contributed by atoms with Gasteiger partial charge in [0.25, 0.3) is 0 Å². The number of sulfonamides is 1. The highest BCUT2D eigenvalue weighted by Crippen LogP contribution is 2.33. The van der Waals surface area contributed by atoms with Crippen LogP contribution in [0.15, 0.2) is 30.9 Å². The standard InChI is InChI=1S/C15H17N5O2S/c1-23(21,22)19-11-3-5-20(9-11)13-8-16-6-10-7-18-15-12(14(10)13)2-4-17-15/h2,4,6-8,11,19H,3,5,9H2,1H3,(H,17,18). The van der Waals surface area contributed by atoms with Crippen LogP contribution in [0.4, 0.5) is 5.69 Å². The first kappa shape index (κ1) is 14.4. The molecule has 1 saturated heterocycles.